The van der Waals surface area contributed by atoms with Gasteiger partial charge >= 0.3 is 12.2 Å². The van der Waals surface area contributed by atoms with Crippen LogP contribution in [-0.2, 0) is 9.47 Å². The summed E-state index contributed by atoms with van der Waals surface area (Å²) in [4.78, 5) is 24.9. The minimum absolute atomic E-state index is 0.120. The van der Waals surface area contributed by atoms with Crippen molar-refractivity contribution in [2.24, 2.45) is 35.5 Å². The fourth-order valence-electron chi connectivity index (χ4n) is 6.39. The lowest BCUT2D eigenvalue weighted by Gasteiger charge is -2.44. The summed E-state index contributed by atoms with van der Waals surface area (Å²) in [6.07, 6.45) is 3.87. The Kier molecular flexibility index (Phi) is 2.31. The number of hydrazine groups is 1. The van der Waals surface area contributed by atoms with E-state index in [2.05, 4.69) is 12.2 Å². The maximum Gasteiger partial charge on any atom is 0.429 e. The summed E-state index contributed by atoms with van der Waals surface area (Å²) in [5.41, 5.74) is 0. The highest BCUT2D eigenvalue weighted by Crippen LogP contribution is 2.76. The molecular formula is C16H20N2O4. The Morgan fingerprint density at radius 1 is 0.818 bits per heavy atom. The molecule has 6 unspecified atom stereocenters. The SMILES string of the molecule is CCOC(=O)N1C2C3C4C=CC5C4C2C(C53)N1C(=O)OCC. The van der Waals surface area contributed by atoms with E-state index in [9.17, 15) is 9.59 Å². The van der Waals surface area contributed by atoms with Gasteiger partial charge in [-0.05, 0) is 43.4 Å². The monoisotopic (exact) mass is 304 g/mol. The van der Waals surface area contributed by atoms with Gasteiger partial charge in [-0.2, -0.15) is 0 Å². The van der Waals surface area contributed by atoms with Crippen molar-refractivity contribution in [1.29, 1.82) is 0 Å². The van der Waals surface area contributed by atoms with Crippen LogP contribution in [0.25, 0.3) is 0 Å². The molecule has 0 N–H and O–H groups in total. The number of rotatable bonds is 2. The molecule has 0 spiro atoms. The molecule has 0 aromatic heterocycles. The second-order valence-electron chi connectivity index (χ2n) is 6.92. The quantitative estimate of drug-likeness (QED) is 0.731. The van der Waals surface area contributed by atoms with Gasteiger partial charge in [0.25, 0.3) is 0 Å². The topological polar surface area (TPSA) is 59.1 Å². The molecule has 2 amide bonds. The number of nitrogens with zero attached hydrogens (tertiary/aromatic N) is 2. The molecule has 118 valence electrons. The van der Waals surface area contributed by atoms with Gasteiger partial charge in [-0.25, -0.2) is 19.6 Å². The lowest BCUT2D eigenvalue weighted by Crippen LogP contribution is -2.59. The van der Waals surface area contributed by atoms with Crippen molar-refractivity contribution in [3.05, 3.63) is 12.2 Å². The molecule has 6 heteroatoms. The summed E-state index contributed by atoms with van der Waals surface area (Å²) in [6, 6.07) is 0.240. The van der Waals surface area contributed by atoms with Gasteiger partial charge in [0.15, 0.2) is 0 Å². The third-order valence-electron chi connectivity index (χ3n) is 6.51. The smallest absolute Gasteiger partial charge is 0.429 e. The minimum atomic E-state index is -0.404. The molecule has 6 nitrogen and oxygen atoms in total. The maximum absolute atomic E-state index is 12.4. The van der Waals surface area contributed by atoms with Crippen LogP contribution in [0, 0.1) is 35.5 Å². The summed E-state index contributed by atoms with van der Waals surface area (Å²) < 4.78 is 10.4. The summed E-state index contributed by atoms with van der Waals surface area (Å²) in [5, 5.41) is 3.17. The highest BCUT2D eigenvalue weighted by molar-refractivity contribution is 5.77. The Morgan fingerprint density at radius 3 is 1.68 bits per heavy atom. The van der Waals surface area contributed by atoms with Crippen molar-refractivity contribution in [2.45, 2.75) is 25.9 Å². The first kappa shape index (κ1) is 12.8. The van der Waals surface area contributed by atoms with Crippen LogP contribution in [0.3, 0.4) is 0 Å². The second kappa shape index (κ2) is 3.97. The van der Waals surface area contributed by atoms with Crippen molar-refractivity contribution in [3.63, 3.8) is 0 Å². The van der Waals surface area contributed by atoms with Crippen molar-refractivity contribution < 1.29 is 19.1 Å². The largest absolute Gasteiger partial charge is 0.448 e. The maximum atomic E-state index is 12.4. The van der Waals surface area contributed by atoms with Crippen LogP contribution in [0.4, 0.5) is 9.59 Å². The van der Waals surface area contributed by atoms with E-state index >= 15 is 0 Å². The van der Waals surface area contributed by atoms with Gasteiger partial charge in [0.05, 0.1) is 25.3 Å². The number of hydrogen-bond donors (Lipinski definition) is 0. The van der Waals surface area contributed by atoms with Crippen LogP contribution < -0.4 is 0 Å². The predicted molar refractivity (Wildman–Crippen MR) is 75.4 cm³/mol. The summed E-state index contributed by atoms with van der Waals surface area (Å²) in [7, 11) is 0. The summed E-state index contributed by atoms with van der Waals surface area (Å²) >= 11 is 0. The Bertz CT molecular complexity index is 543. The Labute approximate surface area is 129 Å². The molecule has 6 aliphatic rings. The number of carbonyl (C=O) groups excluding carboxylic acids is 2. The third-order valence-corrected chi connectivity index (χ3v) is 6.51. The zero-order chi connectivity index (χ0) is 15.2. The molecule has 6 atom stereocenters. The van der Waals surface area contributed by atoms with E-state index in [4.69, 9.17) is 9.47 Å². The van der Waals surface area contributed by atoms with Gasteiger partial charge in [0, 0.05) is 5.92 Å². The fourth-order valence-corrected chi connectivity index (χ4v) is 6.39. The van der Waals surface area contributed by atoms with Crippen molar-refractivity contribution in [3.8, 4) is 0 Å². The molecule has 6 rings (SSSR count). The number of amides is 2. The predicted octanol–water partition coefficient (Wildman–Crippen LogP) is 1.88. The van der Waals surface area contributed by atoms with E-state index in [0.717, 1.165) is 0 Å². The molecule has 5 aliphatic carbocycles. The van der Waals surface area contributed by atoms with Gasteiger partial charge in [-0.1, -0.05) is 12.2 Å². The van der Waals surface area contributed by atoms with Crippen molar-refractivity contribution >= 4 is 12.2 Å². The minimum Gasteiger partial charge on any atom is -0.448 e. The number of allylic oxidation sites excluding steroid dienone is 2. The summed E-state index contributed by atoms with van der Waals surface area (Å²) in [6.45, 7) is 4.21. The van der Waals surface area contributed by atoms with Gasteiger partial charge in [-0.3, -0.25) is 0 Å². The zero-order valence-corrected chi connectivity index (χ0v) is 12.7. The first-order valence-electron chi connectivity index (χ1n) is 8.31. The van der Waals surface area contributed by atoms with Gasteiger partial charge < -0.3 is 9.47 Å². The highest BCUT2D eigenvalue weighted by atomic mass is 16.6. The van der Waals surface area contributed by atoms with E-state index in [1.165, 1.54) is 0 Å². The second-order valence-corrected chi connectivity index (χ2v) is 6.92. The molecule has 0 aromatic rings. The average Bonchev–Trinajstić information content (AvgIpc) is 3.27. The van der Waals surface area contributed by atoms with Crippen LogP contribution in [0.5, 0.6) is 0 Å². The molecule has 0 radical (unpaired) electrons. The molecule has 8 bridgehead atoms. The molecule has 1 saturated heterocycles. The lowest BCUT2D eigenvalue weighted by molar-refractivity contribution is -0.0744. The highest BCUT2D eigenvalue weighted by Gasteiger charge is 2.82. The van der Waals surface area contributed by atoms with E-state index in [0.29, 0.717) is 48.7 Å². The van der Waals surface area contributed by atoms with Crippen LogP contribution in [0.1, 0.15) is 13.8 Å². The Hall–Kier alpha value is -1.72. The zero-order valence-electron chi connectivity index (χ0n) is 12.7. The van der Waals surface area contributed by atoms with E-state index in [-0.39, 0.29) is 12.1 Å². The van der Waals surface area contributed by atoms with Crippen LogP contribution >= 0.6 is 0 Å². The normalized spacial score (nSPS) is 47.9. The number of ether oxygens (including phenoxy) is 2. The summed E-state index contributed by atoms with van der Waals surface area (Å²) in [5.74, 6) is 3.22. The molecule has 22 heavy (non-hydrogen) atoms. The van der Waals surface area contributed by atoms with Crippen molar-refractivity contribution in [2.75, 3.05) is 13.2 Å². The third kappa shape index (κ3) is 1.14. The van der Waals surface area contributed by atoms with E-state index in [1.807, 2.05) is 0 Å². The van der Waals surface area contributed by atoms with Crippen molar-refractivity contribution in [1.82, 2.24) is 10.0 Å². The lowest BCUT2D eigenvalue weighted by atomic mass is 9.81. The van der Waals surface area contributed by atoms with Gasteiger partial charge in [0.2, 0.25) is 0 Å². The molecule has 1 aliphatic heterocycles. The first-order chi connectivity index (χ1) is 10.7. The average molecular weight is 304 g/mol. The molecular weight excluding hydrogens is 284 g/mol. The fraction of sp³-hybridized carbons (Fsp3) is 0.750. The standard InChI is InChI=1S/C16H20N2O4/c1-3-21-15(19)17-13-10-7-5-6-8-9(7)12(13)14(11(8)10)18(17)16(20)22-4-2/h5-14H,3-4H2,1-2H3. The number of carbonyl (C=O) groups is 2. The first-order valence-corrected chi connectivity index (χ1v) is 8.31. The molecule has 4 saturated carbocycles. The number of hydrogen-bond acceptors (Lipinski definition) is 4. The van der Waals surface area contributed by atoms with Gasteiger partial charge in [-0.15, -0.1) is 0 Å². The molecule has 5 fully saturated rings. The van der Waals surface area contributed by atoms with Crippen LogP contribution in [0.2, 0.25) is 0 Å². The Morgan fingerprint density at radius 2 is 1.27 bits per heavy atom. The Balaban J connectivity index is 1.53. The van der Waals surface area contributed by atoms with Crippen LogP contribution in [-0.4, -0.2) is 47.5 Å². The van der Waals surface area contributed by atoms with Gasteiger partial charge in [0.1, 0.15) is 0 Å². The molecule has 0 aromatic carbocycles. The van der Waals surface area contributed by atoms with Crippen LogP contribution in [0.15, 0.2) is 12.2 Å². The van der Waals surface area contributed by atoms with E-state index in [1.54, 1.807) is 23.9 Å². The van der Waals surface area contributed by atoms with E-state index < -0.39 is 12.2 Å². The molecule has 1 heterocycles.